The van der Waals surface area contributed by atoms with Crippen molar-refractivity contribution in [2.75, 3.05) is 23.4 Å². The van der Waals surface area contributed by atoms with Crippen LogP contribution in [0.4, 0.5) is 11.4 Å². The number of nitrogens with zero attached hydrogens (tertiary/aromatic N) is 1. The van der Waals surface area contributed by atoms with E-state index in [1.807, 2.05) is 6.07 Å². The van der Waals surface area contributed by atoms with Gasteiger partial charge in [0.25, 0.3) is 5.91 Å². The number of benzene rings is 1. The van der Waals surface area contributed by atoms with E-state index < -0.39 is 0 Å². The molecule has 0 bridgehead atoms. The summed E-state index contributed by atoms with van der Waals surface area (Å²) < 4.78 is 5.29. The summed E-state index contributed by atoms with van der Waals surface area (Å²) >= 11 is 0. The Balaban J connectivity index is 1.90. The van der Waals surface area contributed by atoms with Crippen LogP contribution in [0.25, 0.3) is 0 Å². The van der Waals surface area contributed by atoms with Crippen molar-refractivity contribution in [1.29, 1.82) is 0 Å². The van der Waals surface area contributed by atoms with Gasteiger partial charge in [0.15, 0.2) is 6.61 Å². The standard InChI is InChI=1S/C14H14N2O3/c1-2-9-5-14(18)16(7-9)10-3-4-12-11(6-10)15-13(17)8-19-12/h2-4,6,9H,1,5,7-8H2,(H,15,17). The molecule has 0 saturated carbocycles. The first-order chi connectivity index (χ1) is 9.17. The highest BCUT2D eigenvalue weighted by atomic mass is 16.5. The van der Waals surface area contributed by atoms with E-state index in [0.717, 1.165) is 5.69 Å². The van der Waals surface area contributed by atoms with Crippen molar-refractivity contribution in [1.82, 2.24) is 0 Å². The summed E-state index contributed by atoms with van der Waals surface area (Å²) in [4.78, 5) is 24.9. The summed E-state index contributed by atoms with van der Waals surface area (Å²) in [6, 6.07) is 5.38. The number of amides is 2. The van der Waals surface area contributed by atoms with Crippen LogP contribution in [-0.4, -0.2) is 25.0 Å². The number of fused-ring (bicyclic) bond motifs is 1. The molecule has 1 unspecified atom stereocenters. The summed E-state index contributed by atoms with van der Waals surface area (Å²) in [5.74, 6) is 0.721. The Morgan fingerprint density at radius 1 is 1.42 bits per heavy atom. The fourth-order valence-corrected chi connectivity index (χ4v) is 2.38. The molecule has 19 heavy (non-hydrogen) atoms. The van der Waals surface area contributed by atoms with Gasteiger partial charge < -0.3 is 15.0 Å². The predicted octanol–water partition coefficient (Wildman–Crippen LogP) is 1.56. The maximum Gasteiger partial charge on any atom is 0.262 e. The van der Waals surface area contributed by atoms with Crippen molar-refractivity contribution in [2.24, 2.45) is 5.92 Å². The highest BCUT2D eigenvalue weighted by Gasteiger charge is 2.29. The third kappa shape index (κ3) is 2.07. The van der Waals surface area contributed by atoms with Crippen molar-refractivity contribution >= 4 is 23.2 Å². The molecular weight excluding hydrogens is 244 g/mol. The third-order valence-electron chi connectivity index (χ3n) is 3.40. The molecule has 0 radical (unpaired) electrons. The van der Waals surface area contributed by atoms with Gasteiger partial charge in [0, 0.05) is 24.6 Å². The summed E-state index contributed by atoms with van der Waals surface area (Å²) in [6.45, 7) is 4.40. The van der Waals surface area contributed by atoms with Gasteiger partial charge in [0.05, 0.1) is 5.69 Å². The average Bonchev–Trinajstić information content (AvgIpc) is 2.79. The molecule has 2 aliphatic rings. The largest absolute Gasteiger partial charge is 0.482 e. The molecule has 98 valence electrons. The van der Waals surface area contributed by atoms with Crippen LogP contribution in [0.3, 0.4) is 0 Å². The molecule has 2 heterocycles. The second-order valence-corrected chi connectivity index (χ2v) is 4.72. The lowest BCUT2D eigenvalue weighted by Crippen LogP contribution is -2.27. The first-order valence-corrected chi connectivity index (χ1v) is 6.17. The van der Waals surface area contributed by atoms with Crippen molar-refractivity contribution < 1.29 is 14.3 Å². The van der Waals surface area contributed by atoms with E-state index in [0.29, 0.717) is 24.4 Å². The maximum atomic E-state index is 11.9. The summed E-state index contributed by atoms with van der Waals surface area (Å²) in [6.07, 6.45) is 2.30. The van der Waals surface area contributed by atoms with Gasteiger partial charge in [-0.1, -0.05) is 6.08 Å². The van der Waals surface area contributed by atoms with Gasteiger partial charge in [-0.25, -0.2) is 0 Å². The Labute approximate surface area is 110 Å². The lowest BCUT2D eigenvalue weighted by molar-refractivity contribution is -0.118. The summed E-state index contributed by atoms with van der Waals surface area (Å²) in [7, 11) is 0. The highest BCUT2D eigenvalue weighted by Crippen LogP contribution is 2.34. The molecule has 2 amide bonds. The molecule has 1 saturated heterocycles. The smallest absolute Gasteiger partial charge is 0.262 e. The van der Waals surface area contributed by atoms with Crippen LogP contribution >= 0.6 is 0 Å². The van der Waals surface area contributed by atoms with Gasteiger partial charge in [-0.05, 0) is 18.2 Å². The molecule has 1 N–H and O–H groups in total. The number of ether oxygens (including phenoxy) is 1. The maximum absolute atomic E-state index is 11.9. The Hall–Kier alpha value is -2.30. The quantitative estimate of drug-likeness (QED) is 0.819. The van der Waals surface area contributed by atoms with E-state index in [4.69, 9.17) is 4.74 Å². The number of nitrogens with one attached hydrogen (secondary N) is 1. The number of carbonyl (C=O) groups excluding carboxylic acids is 2. The van der Waals surface area contributed by atoms with Crippen molar-refractivity contribution in [3.8, 4) is 5.75 Å². The minimum absolute atomic E-state index is 0.0352. The van der Waals surface area contributed by atoms with Crippen molar-refractivity contribution in [3.05, 3.63) is 30.9 Å². The van der Waals surface area contributed by atoms with Crippen LogP contribution in [0.1, 0.15) is 6.42 Å². The lowest BCUT2D eigenvalue weighted by atomic mass is 10.1. The summed E-state index contributed by atoms with van der Waals surface area (Å²) in [5, 5.41) is 2.74. The number of carbonyl (C=O) groups is 2. The van der Waals surface area contributed by atoms with Gasteiger partial charge >= 0.3 is 0 Å². The van der Waals surface area contributed by atoms with Gasteiger partial charge in [-0.3, -0.25) is 9.59 Å². The van der Waals surface area contributed by atoms with E-state index in [9.17, 15) is 9.59 Å². The van der Waals surface area contributed by atoms with Gasteiger partial charge in [0.2, 0.25) is 5.91 Å². The zero-order valence-corrected chi connectivity index (χ0v) is 10.4. The molecule has 1 atom stereocenters. The molecular formula is C14H14N2O3. The van der Waals surface area contributed by atoms with E-state index >= 15 is 0 Å². The molecule has 2 aliphatic heterocycles. The molecule has 1 aromatic carbocycles. The zero-order valence-electron chi connectivity index (χ0n) is 10.4. The van der Waals surface area contributed by atoms with Crippen molar-refractivity contribution in [3.63, 3.8) is 0 Å². The second kappa shape index (κ2) is 4.42. The molecule has 0 aliphatic carbocycles. The molecule has 5 heteroatoms. The van der Waals surface area contributed by atoms with Crippen LogP contribution in [0.5, 0.6) is 5.75 Å². The Morgan fingerprint density at radius 3 is 3.00 bits per heavy atom. The number of anilines is 2. The van der Waals surface area contributed by atoms with E-state index in [1.54, 1.807) is 23.1 Å². The summed E-state index contributed by atoms with van der Waals surface area (Å²) in [5.41, 5.74) is 1.39. The van der Waals surface area contributed by atoms with E-state index in [1.165, 1.54) is 0 Å². The molecule has 1 aromatic rings. The van der Waals surface area contributed by atoms with Gasteiger partial charge in [-0.2, -0.15) is 0 Å². The van der Waals surface area contributed by atoms with Crippen LogP contribution in [0, 0.1) is 5.92 Å². The molecule has 5 nitrogen and oxygen atoms in total. The fraction of sp³-hybridized carbons (Fsp3) is 0.286. The average molecular weight is 258 g/mol. The highest BCUT2D eigenvalue weighted by molar-refractivity contribution is 5.99. The topological polar surface area (TPSA) is 58.6 Å². The molecule has 3 rings (SSSR count). The minimum atomic E-state index is -0.179. The SMILES string of the molecule is C=CC1CC(=O)N(c2ccc3c(c2)NC(=O)CO3)C1. The number of rotatable bonds is 2. The van der Waals surface area contributed by atoms with Crippen LogP contribution < -0.4 is 15.0 Å². The van der Waals surface area contributed by atoms with E-state index in [-0.39, 0.29) is 24.3 Å². The van der Waals surface area contributed by atoms with Crippen molar-refractivity contribution in [2.45, 2.75) is 6.42 Å². The first-order valence-electron chi connectivity index (χ1n) is 6.17. The number of hydrogen-bond donors (Lipinski definition) is 1. The Morgan fingerprint density at radius 2 is 2.26 bits per heavy atom. The predicted molar refractivity (Wildman–Crippen MR) is 71.2 cm³/mol. The molecule has 0 aromatic heterocycles. The Kier molecular flexibility index (Phi) is 2.74. The van der Waals surface area contributed by atoms with Gasteiger partial charge in [0.1, 0.15) is 5.75 Å². The fourth-order valence-electron chi connectivity index (χ4n) is 2.38. The second-order valence-electron chi connectivity index (χ2n) is 4.72. The minimum Gasteiger partial charge on any atom is -0.482 e. The van der Waals surface area contributed by atoms with E-state index in [2.05, 4.69) is 11.9 Å². The van der Waals surface area contributed by atoms with Crippen LogP contribution in [0.2, 0.25) is 0 Å². The zero-order chi connectivity index (χ0) is 13.4. The first kappa shape index (κ1) is 11.8. The lowest BCUT2D eigenvalue weighted by Gasteiger charge is -2.22. The van der Waals surface area contributed by atoms with Gasteiger partial charge in [-0.15, -0.1) is 6.58 Å². The Bertz CT molecular complexity index is 568. The molecule has 0 spiro atoms. The third-order valence-corrected chi connectivity index (χ3v) is 3.40. The van der Waals surface area contributed by atoms with Crippen LogP contribution in [-0.2, 0) is 9.59 Å². The normalized spacial score (nSPS) is 21.7. The number of hydrogen-bond acceptors (Lipinski definition) is 3. The van der Waals surface area contributed by atoms with Crippen LogP contribution in [0.15, 0.2) is 30.9 Å². The monoisotopic (exact) mass is 258 g/mol. The molecule has 1 fully saturated rings.